The molecule has 0 spiro atoms. The van der Waals surface area contributed by atoms with Crippen molar-refractivity contribution in [1.29, 1.82) is 0 Å². The molecule has 0 bridgehead atoms. The normalized spacial score (nSPS) is 15.1. The second-order valence-corrected chi connectivity index (χ2v) is 17.9. The van der Waals surface area contributed by atoms with Gasteiger partial charge in [0, 0.05) is 19.3 Å². The number of nitrogens with two attached hydrogens (primary N) is 4. The summed E-state index contributed by atoms with van der Waals surface area (Å²) in [5.41, 5.74) is 22.2. The lowest BCUT2D eigenvalue weighted by Crippen LogP contribution is -2.61. The highest BCUT2D eigenvalue weighted by Gasteiger charge is 2.36. The Hall–Kier alpha value is -7.05. The van der Waals surface area contributed by atoms with E-state index in [9.17, 15) is 87.9 Å². The predicted octanol–water partition coefficient (Wildman–Crippen LogP) is -5.55. The molecule has 9 amide bonds. The molecular formula is C44H76N12O18. The Bertz CT molecular complexity index is 1960. The van der Waals surface area contributed by atoms with Gasteiger partial charge in [0.15, 0.2) is 0 Å². The van der Waals surface area contributed by atoms with Gasteiger partial charge in [-0.25, -0.2) is 0 Å². The number of nitrogens with one attached hydrogen (secondary N) is 8. The first-order valence-electron chi connectivity index (χ1n) is 24.0. The third kappa shape index (κ3) is 27.7. The van der Waals surface area contributed by atoms with Crippen molar-refractivity contribution in [1.82, 2.24) is 42.5 Å². The molecule has 0 aliphatic carbocycles. The Morgan fingerprint density at radius 2 is 0.743 bits per heavy atom. The number of carbonyl (C=O) groups is 13. The number of unbranched alkanes of at least 4 members (excludes halogenated alkanes) is 2. The molecule has 0 radical (unpaired) electrons. The number of carboxylic acids is 4. The van der Waals surface area contributed by atoms with E-state index < -0.39 is 182 Å². The zero-order valence-electron chi connectivity index (χ0n) is 42.0. The Morgan fingerprint density at radius 3 is 1.08 bits per heavy atom. The van der Waals surface area contributed by atoms with E-state index in [1.807, 2.05) is 0 Å². The molecule has 420 valence electrons. The summed E-state index contributed by atoms with van der Waals surface area (Å²) in [6.07, 6.45) is -5.37. The average Bonchev–Trinajstić information content (AvgIpc) is 3.30. The maximum atomic E-state index is 13.9. The second-order valence-electron chi connectivity index (χ2n) is 17.9. The van der Waals surface area contributed by atoms with Crippen molar-refractivity contribution in [2.75, 3.05) is 13.1 Å². The number of carboxylic acid groups (broad SMARTS) is 4. The molecule has 0 saturated carbocycles. The van der Waals surface area contributed by atoms with E-state index in [0.29, 0.717) is 19.3 Å². The van der Waals surface area contributed by atoms with E-state index in [0.717, 1.165) is 6.92 Å². The van der Waals surface area contributed by atoms with Gasteiger partial charge in [-0.2, -0.15) is 0 Å². The van der Waals surface area contributed by atoms with Crippen LogP contribution in [0.4, 0.5) is 0 Å². The van der Waals surface area contributed by atoms with E-state index in [-0.39, 0.29) is 44.7 Å². The van der Waals surface area contributed by atoms with Crippen molar-refractivity contribution >= 4 is 77.0 Å². The molecular weight excluding hydrogens is 985 g/mol. The van der Waals surface area contributed by atoms with Gasteiger partial charge in [-0.15, -0.1) is 0 Å². The molecule has 0 aliphatic rings. The first-order valence-corrected chi connectivity index (χ1v) is 24.0. The first-order chi connectivity index (χ1) is 34.5. The van der Waals surface area contributed by atoms with Crippen LogP contribution in [0.5, 0.6) is 0 Å². The molecule has 0 aliphatic heterocycles. The van der Waals surface area contributed by atoms with Crippen LogP contribution in [0.15, 0.2) is 0 Å². The SMILES string of the molecule is CC(C)C[C@H](NC(=O)[C@H](CCCCN)NC(=O)[C@@H](N)[C@@H](C)O)C(=O)N[C@@H](CC(=O)O)C(=O)N[C@@H](CCC(N)=O)C(=O)N[C@@H](CCC(=O)O)C(=O)N[C@@H](CCC(=O)O)C(=O)N[C@@H](CCCCN)C(=O)N[C@@H](C)C(=O)O. The summed E-state index contributed by atoms with van der Waals surface area (Å²) >= 11 is 0. The average molecular weight is 1060 g/mol. The topological polar surface area (TPSA) is 523 Å². The van der Waals surface area contributed by atoms with E-state index in [1.54, 1.807) is 13.8 Å². The number of aliphatic carboxylic acids is 4. The Kier molecular flexibility index (Phi) is 31.8. The molecule has 0 aromatic heterocycles. The molecule has 0 unspecified atom stereocenters. The third-order valence-corrected chi connectivity index (χ3v) is 10.9. The first kappa shape index (κ1) is 67.0. The van der Waals surface area contributed by atoms with E-state index >= 15 is 0 Å². The lowest BCUT2D eigenvalue weighted by Gasteiger charge is -2.28. The van der Waals surface area contributed by atoms with Crippen molar-refractivity contribution < 1.29 is 87.9 Å². The van der Waals surface area contributed by atoms with Crippen molar-refractivity contribution in [3.05, 3.63) is 0 Å². The fraction of sp³-hybridized carbons (Fsp3) is 0.705. The highest BCUT2D eigenvalue weighted by atomic mass is 16.4. The maximum absolute atomic E-state index is 13.9. The van der Waals surface area contributed by atoms with Gasteiger partial charge in [0.05, 0.1) is 12.5 Å². The molecule has 0 rings (SSSR count). The van der Waals surface area contributed by atoms with Gasteiger partial charge in [0.25, 0.3) is 0 Å². The van der Waals surface area contributed by atoms with Crippen LogP contribution in [0.25, 0.3) is 0 Å². The zero-order valence-corrected chi connectivity index (χ0v) is 42.0. The summed E-state index contributed by atoms with van der Waals surface area (Å²) in [7, 11) is 0. The molecule has 30 nitrogen and oxygen atoms in total. The molecule has 0 heterocycles. The lowest BCUT2D eigenvalue weighted by molar-refractivity contribution is -0.142. The molecule has 0 aromatic carbocycles. The standard InChI is InChI=1S/C44H76N12O18/c1-21(2)19-29(55-37(66)25(10-6-8-18-46)54-43(72)35(48)23(4)57)41(70)56-30(20-34(63)64)42(71)53-26(11-14-31(47)58)38(67)51-28(13-16-33(61)62)40(69)52-27(12-15-32(59)60)39(68)50-24(9-5-7-17-45)36(65)49-22(3)44(73)74/h21-30,35,57H,5-20,45-46,48H2,1-4H3,(H2,47,58)(H,49,65)(H,50,68)(H,51,67)(H,52,69)(H,53,71)(H,54,72)(H,55,66)(H,56,70)(H,59,60)(H,61,62)(H,63,64)(H,73,74)/t22-,23+,24-,25-,26-,27-,28-,29-,30-,35-/m0/s1. The lowest BCUT2D eigenvalue weighted by atomic mass is 10.0. The number of rotatable bonds is 39. The van der Waals surface area contributed by atoms with Crippen LogP contribution >= 0.6 is 0 Å². The van der Waals surface area contributed by atoms with Crippen LogP contribution in [0.2, 0.25) is 0 Å². The minimum absolute atomic E-state index is 0.0169. The van der Waals surface area contributed by atoms with Gasteiger partial charge in [0.1, 0.15) is 54.4 Å². The number of hydrogen-bond acceptors (Lipinski definition) is 17. The quantitative estimate of drug-likeness (QED) is 0.0255. The monoisotopic (exact) mass is 1060 g/mol. The molecule has 0 aromatic rings. The van der Waals surface area contributed by atoms with Crippen LogP contribution < -0.4 is 65.5 Å². The van der Waals surface area contributed by atoms with Crippen molar-refractivity contribution in [3.8, 4) is 0 Å². The fourth-order valence-electron chi connectivity index (χ4n) is 6.74. The van der Waals surface area contributed by atoms with Crippen LogP contribution in [-0.2, 0) is 62.3 Å². The van der Waals surface area contributed by atoms with Gasteiger partial charge in [-0.05, 0) is 97.1 Å². The minimum atomic E-state index is -2.01. The third-order valence-electron chi connectivity index (χ3n) is 10.9. The zero-order chi connectivity index (χ0) is 56.8. The van der Waals surface area contributed by atoms with Gasteiger partial charge < -0.3 is 91.0 Å². The van der Waals surface area contributed by atoms with Crippen LogP contribution in [0.3, 0.4) is 0 Å². The summed E-state index contributed by atoms with van der Waals surface area (Å²) < 4.78 is 0. The molecule has 0 saturated heterocycles. The summed E-state index contributed by atoms with van der Waals surface area (Å²) in [5.74, 6) is -16.2. The van der Waals surface area contributed by atoms with Gasteiger partial charge >= 0.3 is 23.9 Å². The number of hydrogen-bond donors (Lipinski definition) is 17. The van der Waals surface area contributed by atoms with Gasteiger partial charge in [-0.3, -0.25) is 62.3 Å². The molecule has 21 N–H and O–H groups in total. The summed E-state index contributed by atoms with van der Waals surface area (Å²) in [6.45, 7) is 6.17. The molecule has 0 fully saturated rings. The van der Waals surface area contributed by atoms with Crippen molar-refractivity contribution in [3.63, 3.8) is 0 Å². The van der Waals surface area contributed by atoms with Crippen LogP contribution in [-0.4, -0.2) is 176 Å². The fourth-order valence-corrected chi connectivity index (χ4v) is 6.74. The van der Waals surface area contributed by atoms with Crippen LogP contribution in [0, 0.1) is 5.92 Å². The number of aliphatic hydroxyl groups excluding tert-OH is 1. The Balaban J connectivity index is 6.87. The Morgan fingerprint density at radius 1 is 0.419 bits per heavy atom. The van der Waals surface area contributed by atoms with E-state index in [2.05, 4.69) is 42.5 Å². The number of primary amides is 1. The van der Waals surface area contributed by atoms with Gasteiger partial charge in [0.2, 0.25) is 53.2 Å². The molecule has 30 heteroatoms. The summed E-state index contributed by atoms with van der Waals surface area (Å²) in [5, 5.41) is 66.1. The highest BCUT2D eigenvalue weighted by Crippen LogP contribution is 2.12. The number of carbonyl (C=O) groups excluding carboxylic acids is 9. The maximum Gasteiger partial charge on any atom is 0.325 e. The minimum Gasteiger partial charge on any atom is -0.481 e. The number of aliphatic hydroxyl groups is 1. The largest absolute Gasteiger partial charge is 0.481 e. The molecule has 10 atom stereocenters. The molecule has 74 heavy (non-hydrogen) atoms. The summed E-state index contributed by atoms with van der Waals surface area (Å²) in [4.78, 5) is 167. The van der Waals surface area contributed by atoms with Crippen LogP contribution in [0.1, 0.15) is 118 Å². The highest BCUT2D eigenvalue weighted by molar-refractivity contribution is 5.99. The van der Waals surface area contributed by atoms with Gasteiger partial charge in [-0.1, -0.05) is 13.8 Å². The summed E-state index contributed by atoms with van der Waals surface area (Å²) in [6, 6.07) is -14.6. The second kappa shape index (κ2) is 35.2. The van der Waals surface area contributed by atoms with E-state index in [4.69, 9.17) is 22.9 Å². The Labute approximate surface area is 426 Å². The smallest absolute Gasteiger partial charge is 0.325 e. The predicted molar refractivity (Wildman–Crippen MR) is 258 cm³/mol. The van der Waals surface area contributed by atoms with Crippen molar-refractivity contribution in [2.24, 2.45) is 28.9 Å². The number of amides is 9. The van der Waals surface area contributed by atoms with E-state index in [1.165, 1.54) is 6.92 Å². The van der Waals surface area contributed by atoms with Crippen molar-refractivity contribution in [2.45, 2.75) is 178 Å².